The Morgan fingerprint density at radius 1 is 1.45 bits per heavy atom. The molecule has 0 bridgehead atoms. The minimum atomic E-state index is -0.779. The summed E-state index contributed by atoms with van der Waals surface area (Å²) >= 11 is 1.35. The second kappa shape index (κ2) is 7.16. The molecule has 1 aliphatic carbocycles. The Balaban J connectivity index is 2.26. The predicted octanol–water partition coefficient (Wildman–Crippen LogP) is 3.76. The highest BCUT2D eigenvalue weighted by Crippen LogP contribution is 2.39. The van der Waals surface area contributed by atoms with Crippen molar-refractivity contribution in [1.82, 2.24) is 9.55 Å². The van der Waals surface area contributed by atoms with Gasteiger partial charge >= 0.3 is 5.97 Å². The van der Waals surface area contributed by atoms with E-state index >= 15 is 0 Å². The molecule has 1 fully saturated rings. The van der Waals surface area contributed by atoms with Crippen LogP contribution in [0.1, 0.15) is 57.7 Å². The number of nitrogens with zero attached hydrogens (tertiary/aromatic N) is 2. The zero-order valence-corrected chi connectivity index (χ0v) is 13.2. The number of aliphatic carboxylic acids is 1. The Kier molecular flexibility index (Phi) is 5.52. The second-order valence-corrected chi connectivity index (χ2v) is 6.40. The fourth-order valence-electron chi connectivity index (χ4n) is 3.23. The van der Waals surface area contributed by atoms with Crippen molar-refractivity contribution in [3.8, 4) is 0 Å². The minimum Gasteiger partial charge on any atom is -0.481 e. The summed E-state index contributed by atoms with van der Waals surface area (Å²) in [6.45, 7) is 4.40. The molecule has 1 N–H and O–H groups in total. The lowest BCUT2D eigenvalue weighted by Crippen LogP contribution is -2.25. The Morgan fingerprint density at radius 3 is 2.85 bits per heavy atom. The van der Waals surface area contributed by atoms with E-state index in [4.69, 9.17) is 5.11 Å². The molecule has 0 aliphatic heterocycles. The van der Waals surface area contributed by atoms with Gasteiger partial charge < -0.3 is 9.67 Å². The lowest BCUT2D eigenvalue weighted by molar-refractivity contribution is -0.133. The van der Waals surface area contributed by atoms with Crippen LogP contribution in [0.5, 0.6) is 0 Å². The maximum atomic E-state index is 10.8. The summed E-state index contributed by atoms with van der Waals surface area (Å²) in [5, 5.41) is 9.76. The third kappa shape index (κ3) is 3.37. The summed E-state index contributed by atoms with van der Waals surface area (Å²) in [5.41, 5.74) is 1.24. The largest absolute Gasteiger partial charge is 0.481 e. The first kappa shape index (κ1) is 15.4. The molecule has 0 radical (unpaired) electrons. The first-order valence-electron chi connectivity index (χ1n) is 7.58. The Morgan fingerprint density at radius 2 is 2.20 bits per heavy atom. The number of aryl methyl sites for hydroxylation is 1. The van der Waals surface area contributed by atoms with E-state index < -0.39 is 5.97 Å². The molecule has 0 aromatic carbocycles. The topological polar surface area (TPSA) is 55.1 Å². The molecule has 112 valence electrons. The summed E-state index contributed by atoms with van der Waals surface area (Å²) in [4.78, 5) is 15.3. The quantitative estimate of drug-likeness (QED) is 0.812. The number of thioether (sulfide) groups is 1. The maximum Gasteiger partial charge on any atom is 0.313 e. The monoisotopic (exact) mass is 296 g/mol. The predicted molar refractivity (Wildman–Crippen MR) is 81.3 cm³/mol. The van der Waals surface area contributed by atoms with Gasteiger partial charge in [0.05, 0.1) is 5.75 Å². The van der Waals surface area contributed by atoms with Crippen molar-refractivity contribution in [2.75, 3.05) is 5.75 Å². The van der Waals surface area contributed by atoms with E-state index in [1.165, 1.54) is 49.6 Å². The molecule has 2 unspecified atom stereocenters. The van der Waals surface area contributed by atoms with Crippen molar-refractivity contribution >= 4 is 17.7 Å². The van der Waals surface area contributed by atoms with Crippen molar-refractivity contribution in [3.05, 3.63) is 11.9 Å². The average Bonchev–Trinajstić information content (AvgIpc) is 2.87. The third-order valence-corrected chi connectivity index (χ3v) is 5.20. The molecule has 0 saturated heterocycles. The summed E-state index contributed by atoms with van der Waals surface area (Å²) in [5.74, 6) is 0.00894. The number of carboxylic acids is 1. The van der Waals surface area contributed by atoms with E-state index in [2.05, 4.69) is 23.4 Å². The highest BCUT2D eigenvalue weighted by Gasteiger charge is 2.28. The smallest absolute Gasteiger partial charge is 0.313 e. The molecule has 2 rings (SSSR count). The fourth-order valence-corrected chi connectivity index (χ4v) is 4.00. The molecule has 1 aromatic rings. The molecule has 0 spiro atoms. The van der Waals surface area contributed by atoms with Gasteiger partial charge in [-0.1, -0.05) is 44.9 Å². The number of carbonyl (C=O) groups is 1. The highest BCUT2D eigenvalue weighted by atomic mass is 32.2. The lowest BCUT2D eigenvalue weighted by Gasteiger charge is -2.34. The van der Waals surface area contributed by atoms with Crippen molar-refractivity contribution in [1.29, 1.82) is 0 Å². The van der Waals surface area contributed by atoms with Crippen LogP contribution in [0.4, 0.5) is 0 Å². The third-order valence-electron chi connectivity index (χ3n) is 4.25. The van der Waals surface area contributed by atoms with Gasteiger partial charge in [-0.15, -0.1) is 0 Å². The van der Waals surface area contributed by atoms with Gasteiger partial charge in [0.1, 0.15) is 0 Å². The van der Waals surface area contributed by atoms with E-state index in [0.717, 1.165) is 11.6 Å². The van der Waals surface area contributed by atoms with Crippen LogP contribution in [0.15, 0.2) is 11.4 Å². The van der Waals surface area contributed by atoms with Crippen molar-refractivity contribution in [2.24, 2.45) is 5.92 Å². The molecule has 5 heteroatoms. The number of hydrogen-bond acceptors (Lipinski definition) is 3. The van der Waals surface area contributed by atoms with Crippen LogP contribution in [0.3, 0.4) is 0 Å². The SMILES string of the molecule is CCc1cnc(SCC(=O)O)n1C1CCCCC1CC. The molecule has 1 aromatic heterocycles. The van der Waals surface area contributed by atoms with Gasteiger partial charge in [0.15, 0.2) is 5.16 Å². The van der Waals surface area contributed by atoms with Crippen LogP contribution in [0.25, 0.3) is 0 Å². The van der Waals surface area contributed by atoms with Crippen LogP contribution < -0.4 is 0 Å². The highest BCUT2D eigenvalue weighted by molar-refractivity contribution is 7.99. The van der Waals surface area contributed by atoms with Gasteiger partial charge in [-0.3, -0.25) is 4.79 Å². The minimum absolute atomic E-state index is 0.0870. The lowest BCUT2D eigenvalue weighted by atomic mass is 9.82. The van der Waals surface area contributed by atoms with Crippen LogP contribution in [-0.4, -0.2) is 26.4 Å². The Hall–Kier alpha value is -0.970. The normalized spacial score (nSPS) is 22.9. The van der Waals surface area contributed by atoms with Crippen molar-refractivity contribution in [2.45, 2.75) is 63.6 Å². The second-order valence-electron chi connectivity index (χ2n) is 5.46. The standard InChI is InChI=1S/C15H24N2O2S/c1-3-11-7-5-6-8-13(11)17-12(4-2)9-16-15(17)20-10-14(18)19/h9,11,13H,3-8,10H2,1-2H3,(H,18,19). The zero-order valence-electron chi connectivity index (χ0n) is 12.3. The summed E-state index contributed by atoms with van der Waals surface area (Å²) in [7, 11) is 0. The maximum absolute atomic E-state index is 10.8. The van der Waals surface area contributed by atoms with Gasteiger partial charge in [-0.05, 0) is 25.2 Å². The number of aromatic nitrogens is 2. The first-order chi connectivity index (χ1) is 9.67. The van der Waals surface area contributed by atoms with Crippen LogP contribution in [-0.2, 0) is 11.2 Å². The summed E-state index contributed by atoms with van der Waals surface area (Å²) in [6.07, 6.45) is 9.14. The molecule has 2 atom stereocenters. The van der Waals surface area contributed by atoms with E-state index in [9.17, 15) is 4.79 Å². The number of hydrogen-bond donors (Lipinski definition) is 1. The van der Waals surface area contributed by atoms with E-state index in [1.54, 1.807) is 0 Å². The summed E-state index contributed by atoms with van der Waals surface area (Å²) < 4.78 is 2.33. The van der Waals surface area contributed by atoms with Crippen LogP contribution in [0.2, 0.25) is 0 Å². The van der Waals surface area contributed by atoms with Gasteiger partial charge in [0.25, 0.3) is 0 Å². The zero-order chi connectivity index (χ0) is 14.5. The molecular formula is C15H24N2O2S. The van der Waals surface area contributed by atoms with Gasteiger partial charge in [0, 0.05) is 17.9 Å². The van der Waals surface area contributed by atoms with Gasteiger partial charge in [0.2, 0.25) is 0 Å². The fraction of sp³-hybridized carbons (Fsp3) is 0.733. The van der Waals surface area contributed by atoms with Gasteiger partial charge in [-0.25, -0.2) is 4.98 Å². The Bertz CT molecular complexity index is 459. The van der Waals surface area contributed by atoms with E-state index in [1.807, 2.05) is 6.20 Å². The van der Waals surface area contributed by atoms with Crippen molar-refractivity contribution in [3.63, 3.8) is 0 Å². The number of imidazole rings is 1. The van der Waals surface area contributed by atoms with E-state index in [-0.39, 0.29) is 5.75 Å². The molecule has 0 amide bonds. The van der Waals surface area contributed by atoms with Crippen LogP contribution >= 0.6 is 11.8 Å². The van der Waals surface area contributed by atoms with Gasteiger partial charge in [-0.2, -0.15) is 0 Å². The molecule has 4 nitrogen and oxygen atoms in total. The molecular weight excluding hydrogens is 272 g/mol. The summed E-state index contributed by atoms with van der Waals surface area (Å²) in [6, 6.07) is 0.502. The molecule has 1 saturated carbocycles. The average molecular weight is 296 g/mol. The number of carboxylic acid groups (broad SMARTS) is 1. The number of rotatable bonds is 6. The Labute approximate surface area is 125 Å². The first-order valence-corrected chi connectivity index (χ1v) is 8.56. The molecule has 20 heavy (non-hydrogen) atoms. The van der Waals surface area contributed by atoms with E-state index in [0.29, 0.717) is 12.0 Å². The van der Waals surface area contributed by atoms with Crippen LogP contribution in [0, 0.1) is 5.92 Å². The van der Waals surface area contributed by atoms with Crippen molar-refractivity contribution < 1.29 is 9.90 Å². The molecule has 1 aliphatic rings. The molecule has 1 heterocycles.